The van der Waals surface area contributed by atoms with Gasteiger partial charge in [-0.05, 0) is 35.4 Å². The van der Waals surface area contributed by atoms with Gasteiger partial charge in [0.05, 0.1) is 0 Å². The minimum atomic E-state index is -4.19. The van der Waals surface area contributed by atoms with Crippen molar-refractivity contribution in [1.29, 1.82) is 0 Å². The van der Waals surface area contributed by atoms with E-state index in [9.17, 15) is 17.2 Å². The van der Waals surface area contributed by atoms with Crippen molar-refractivity contribution in [2.45, 2.75) is 18.0 Å². The summed E-state index contributed by atoms with van der Waals surface area (Å²) in [5.41, 5.74) is 6.17. The highest BCUT2D eigenvalue weighted by Gasteiger charge is 2.22. The van der Waals surface area contributed by atoms with Crippen molar-refractivity contribution in [2.75, 3.05) is 0 Å². The molecule has 0 radical (unpaired) electrons. The molecule has 0 aliphatic heterocycles. The molecule has 0 unspecified atom stereocenters. The van der Waals surface area contributed by atoms with E-state index >= 15 is 0 Å². The second kappa shape index (κ2) is 6.25. The van der Waals surface area contributed by atoms with Gasteiger partial charge in [0.15, 0.2) is 11.6 Å². The summed E-state index contributed by atoms with van der Waals surface area (Å²) in [5.74, 6) is -2.67. The molecule has 1 aromatic carbocycles. The second-order valence-electron chi connectivity index (χ2n) is 4.27. The summed E-state index contributed by atoms with van der Waals surface area (Å²) >= 11 is 0. The second-order valence-corrected chi connectivity index (χ2v) is 6.01. The maximum atomic E-state index is 13.7. The predicted molar refractivity (Wildman–Crippen MR) is 72.5 cm³/mol. The quantitative estimate of drug-likeness (QED) is 0.871. The normalized spacial score (nSPS) is 11.6. The Bertz CT molecular complexity index is 737. The zero-order chi connectivity index (χ0) is 15.5. The first-order valence-electron chi connectivity index (χ1n) is 6.00. The van der Waals surface area contributed by atoms with Gasteiger partial charge < -0.3 is 5.73 Å². The monoisotopic (exact) mass is 313 g/mol. The van der Waals surface area contributed by atoms with Crippen LogP contribution in [0.1, 0.15) is 11.1 Å². The fourth-order valence-corrected chi connectivity index (χ4v) is 2.84. The molecule has 0 amide bonds. The number of aromatic nitrogens is 1. The lowest BCUT2D eigenvalue weighted by atomic mass is 10.2. The third kappa shape index (κ3) is 3.60. The lowest BCUT2D eigenvalue weighted by Crippen LogP contribution is -2.25. The van der Waals surface area contributed by atoms with Crippen molar-refractivity contribution in [2.24, 2.45) is 5.73 Å². The van der Waals surface area contributed by atoms with E-state index in [-0.39, 0.29) is 18.7 Å². The number of nitrogens with two attached hydrogens (primary N) is 1. The van der Waals surface area contributed by atoms with E-state index < -0.39 is 26.6 Å². The van der Waals surface area contributed by atoms with Crippen molar-refractivity contribution >= 4 is 10.0 Å². The minimum absolute atomic E-state index is 0.0568. The lowest BCUT2D eigenvalue weighted by Gasteiger charge is -2.10. The molecule has 0 atom stereocenters. The maximum absolute atomic E-state index is 13.7. The first-order chi connectivity index (χ1) is 9.94. The van der Waals surface area contributed by atoms with Crippen LogP contribution in [0.2, 0.25) is 0 Å². The Labute approximate surface area is 120 Å². The molecule has 2 aromatic rings. The smallest absolute Gasteiger partial charge is 0.243 e. The number of halogens is 2. The number of benzene rings is 1. The highest BCUT2D eigenvalue weighted by Crippen LogP contribution is 2.20. The third-order valence-electron chi connectivity index (χ3n) is 2.80. The zero-order valence-electron chi connectivity index (χ0n) is 10.9. The average molecular weight is 313 g/mol. The molecule has 5 nitrogen and oxygen atoms in total. The Morgan fingerprint density at radius 1 is 1.14 bits per heavy atom. The van der Waals surface area contributed by atoms with E-state index in [1.807, 2.05) is 0 Å². The molecule has 0 aliphatic carbocycles. The van der Waals surface area contributed by atoms with Gasteiger partial charge in [-0.25, -0.2) is 21.9 Å². The van der Waals surface area contributed by atoms with E-state index in [1.165, 1.54) is 12.4 Å². The largest absolute Gasteiger partial charge is 0.326 e. The molecule has 0 fully saturated rings. The first-order valence-corrected chi connectivity index (χ1v) is 7.49. The van der Waals surface area contributed by atoms with Crippen LogP contribution in [0.3, 0.4) is 0 Å². The molecule has 0 saturated carbocycles. The van der Waals surface area contributed by atoms with E-state index in [0.29, 0.717) is 5.56 Å². The highest BCUT2D eigenvalue weighted by molar-refractivity contribution is 7.89. The Kier molecular flexibility index (Phi) is 4.61. The van der Waals surface area contributed by atoms with Crippen LogP contribution in [0.15, 0.2) is 41.6 Å². The minimum Gasteiger partial charge on any atom is -0.326 e. The highest BCUT2D eigenvalue weighted by atomic mass is 32.2. The molecular weight excluding hydrogens is 300 g/mol. The number of sulfonamides is 1. The fourth-order valence-electron chi connectivity index (χ4n) is 1.69. The van der Waals surface area contributed by atoms with Gasteiger partial charge in [-0.2, -0.15) is 0 Å². The van der Waals surface area contributed by atoms with Gasteiger partial charge in [-0.3, -0.25) is 4.98 Å². The lowest BCUT2D eigenvalue weighted by molar-refractivity contribution is 0.481. The molecule has 1 heterocycles. The van der Waals surface area contributed by atoms with Crippen LogP contribution < -0.4 is 10.5 Å². The van der Waals surface area contributed by atoms with Crippen molar-refractivity contribution in [1.82, 2.24) is 9.71 Å². The summed E-state index contributed by atoms with van der Waals surface area (Å²) in [5, 5.41) is 0. The van der Waals surface area contributed by atoms with E-state index in [1.54, 1.807) is 12.1 Å². The van der Waals surface area contributed by atoms with Gasteiger partial charge in [0.2, 0.25) is 10.0 Å². The van der Waals surface area contributed by atoms with Gasteiger partial charge in [-0.1, -0.05) is 0 Å². The van der Waals surface area contributed by atoms with Gasteiger partial charge >= 0.3 is 0 Å². The average Bonchev–Trinajstić information content (AvgIpc) is 2.48. The topological polar surface area (TPSA) is 85.1 Å². The van der Waals surface area contributed by atoms with Crippen molar-refractivity contribution < 1.29 is 17.2 Å². The summed E-state index contributed by atoms with van der Waals surface area (Å²) in [7, 11) is -4.19. The van der Waals surface area contributed by atoms with Crippen molar-refractivity contribution in [3.63, 3.8) is 0 Å². The van der Waals surface area contributed by atoms with Gasteiger partial charge in [-0.15, -0.1) is 0 Å². The van der Waals surface area contributed by atoms with Crippen LogP contribution >= 0.6 is 0 Å². The molecule has 1 aromatic heterocycles. The predicted octanol–water partition coefficient (Wildman–Crippen LogP) is 1.30. The SMILES string of the molecule is NCc1cc(F)c(F)c(S(=O)(=O)NCc2ccncc2)c1. The third-order valence-corrected chi connectivity index (χ3v) is 4.20. The molecule has 8 heteroatoms. The van der Waals surface area contributed by atoms with Crippen molar-refractivity contribution in [3.8, 4) is 0 Å². The molecular formula is C13H13F2N3O2S. The Balaban J connectivity index is 2.29. The number of hydrogen-bond donors (Lipinski definition) is 2. The Morgan fingerprint density at radius 2 is 1.81 bits per heavy atom. The molecule has 0 bridgehead atoms. The molecule has 0 aliphatic rings. The van der Waals surface area contributed by atoms with Crippen LogP contribution in [0.5, 0.6) is 0 Å². The van der Waals surface area contributed by atoms with Gasteiger partial charge in [0, 0.05) is 25.5 Å². The van der Waals surface area contributed by atoms with E-state index in [2.05, 4.69) is 9.71 Å². The van der Waals surface area contributed by atoms with Crippen molar-refractivity contribution in [3.05, 3.63) is 59.4 Å². The zero-order valence-corrected chi connectivity index (χ0v) is 11.7. The molecule has 0 saturated heterocycles. The van der Waals surface area contributed by atoms with Gasteiger partial charge in [0.25, 0.3) is 0 Å². The summed E-state index contributed by atoms with van der Waals surface area (Å²) in [6.45, 7) is -0.150. The van der Waals surface area contributed by atoms with Crippen LogP contribution in [0.4, 0.5) is 8.78 Å². The summed E-state index contributed by atoms with van der Waals surface area (Å²) in [4.78, 5) is 3.04. The van der Waals surface area contributed by atoms with Crippen LogP contribution in [-0.2, 0) is 23.1 Å². The standard InChI is InChI=1S/C13H13F2N3O2S/c14-11-5-10(7-16)6-12(13(11)15)21(19,20)18-8-9-1-3-17-4-2-9/h1-6,18H,7-8,16H2. The Morgan fingerprint density at radius 3 is 2.43 bits per heavy atom. The number of pyridine rings is 1. The van der Waals surface area contributed by atoms with E-state index in [4.69, 9.17) is 5.73 Å². The summed E-state index contributed by atoms with van der Waals surface area (Å²) in [6, 6.07) is 5.11. The molecule has 21 heavy (non-hydrogen) atoms. The number of rotatable bonds is 5. The van der Waals surface area contributed by atoms with Crippen LogP contribution in [-0.4, -0.2) is 13.4 Å². The maximum Gasteiger partial charge on any atom is 0.243 e. The number of nitrogens with zero attached hydrogens (tertiary/aromatic N) is 1. The summed E-state index contributed by atoms with van der Waals surface area (Å²) in [6.07, 6.45) is 3.00. The Hall–Kier alpha value is -1.90. The number of nitrogens with one attached hydrogen (secondary N) is 1. The number of hydrogen-bond acceptors (Lipinski definition) is 4. The molecule has 3 N–H and O–H groups in total. The molecule has 2 rings (SSSR count). The van der Waals surface area contributed by atoms with E-state index in [0.717, 1.165) is 12.1 Å². The molecule has 112 valence electrons. The van der Waals surface area contributed by atoms with Crippen LogP contribution in [0.25, 0.3) is 0 Å². The first kappa shape index (κ1) is 15.5. The fraction of sp³-hybridized carbons (Fsp3) is 0.154. The van der Waals surface area contributed by atoms with Gasteiger partial charge in [0.1, 0.15) is 4.90 Å². The summed E-state index contributed by atoms with van der Waals surface area (Å²) < 4.78 is 53.4. The molecule has 0 spiro atoms. The van der Waals surface area contributed by atoms with Crippen LogP contribution in [0, 0.1) is 11.6 Å².